The van der Waals surface area contributed by atoms with Gasteiger partial charge < -0.3 is 9.67 Å². The maximum atomic E-state index is 11.6. The van der Waals surface area contributed by atoms with Crippen LogP contribution in [0.5, 0.6) is 0 Å². The summed E-state index contributed by atoms with van der Waals surface area (Å²) in [5.41, 5.74) is 1.80. The molecule has 0 aliphatic carbocycles. The molecule has 5 nitrogen and oxygen atoms in total. The fourth-order valence-corrected chi connectivity index (χ4v) is 3.78. The van der Waals surface area contributed by atoms with Crippen LogP contribution in [0.25, 0.3) is 11.0 Å². The zero-order valence-electron chi connectivity index (χ0n) is 11.4. The number of imidazole rings is 1. The van der Waals surface area contributed by atoms with E-state index in [-0.39, 0.29) is 5.75 Å². The molecule has 0 saturated carbocycles. The zero-order valence-corrected chi connectivity index (χ0v) is 15.2. The Hall–Kier alpha value is -0.610. The number of aryl methyl sites for hydroxylation is 1. The van der Waals surface area contributed by atoms with Crippen molar-refractivity contribution in [3.05, 3.63) is 21.8 Å². The Labute approximate surface area is 143 Å². The van der Waals surface area contributed by atoms with E-state index in [0.29, 0.717) is 23.2 Å². The summed E-state index contributed by atoms with van der Waals surface area (Å²) in [4.78, 5) is 15.3. The van der Waals surface area contributed by atoms with E-state index in [2.05, 4.69) is 27.6 Å². The Kier molecular flexibility index (Phi) is 6.06. The van der Waals surface area contributed by atoms with E-state index < -0.39 is 16.8 Å². The van der Waals surface area contributed by atoms with Gasteiger partial charge in [0.25, 0.3) is 0 Å². The summed E-state index contributed by atoms with van der Waals surface area (Å²) in [5, 5.41) is 9.50. The lowest BCUT2D eigenvalue weighted by molar-refractivity contribution is -0.133. The average molecular weight is 438 g/mol. The molecular formula is C13H15IN2O3S2. The smallest absolute Gasteiger partial charge is 0.313 e. The van der Waals surface area contributed by atoms with E-state index in [0.717, 1.165) is 14.6 Å². The molecule has 0 radical (unpaired) electrons. The number of fused-ring (bicyclic) bond motifs is 1. The Morgan fingerprint density at radius 3 is 2.95 bits per heavy atom. The molecule has 114 valence electrons. The van der Waals surface area contributed by atoms with Crippen molar-refractivity contribution in [2.24, 2.45) is 0 Å². The van der Waals surface area contributed by atoms with Crippen molar-refractivity contribution in [3.63, 3.8) is 0 Å². The van der Waals surface area contributed by atoms with Crippen molar-refractivity contribution in [2.45, 2.75) is 18.6 Å². The molecule has 0 aliphatic rings. The van der Waals surface area contributed by atoms with Gasteiger partial charge in [-0.1, -0.05) is 18.7 Å². The number of benzene rings is 1. The summed E-state index contributed by atoms with van der Waals surface area (Å²) in [7, 11) is -0.856. The van der Waals surface area contributed by atoms with Crippen LogP contribution in [-0.4, -0.2) is 42.1 Å². The minimum absolute atomic E-state index is 0.0305. The van der Waals surface area contributed by atoms with E-state index in [4.69, 9.17) is 5.11 Å². The number of aliphatic carboxylic acids is 1. The maximum Gasteiger partial charge on any atom is 0.313 e. The third kappa shape index (κ3) is 4.43. The molecular weight excluding hydrogens is 423 g/mol. The first-order valence-electron chi connectivity index (χ1n) is 6.36. The third-order valence-electron chi connectivity index (χ3n) is 2.86. The number of halogens is 1. The quantitative estimate of drug-likeness (QED) is 0.532. The summed E-state index contributed by atoms with van der Waals surface area (Å²) in [6.45, 7) is 2.48. The lowest BCUT2D eigenvalue weighted by Crippen LogP contribution is -2.10. The van der Waals surface area contributed by atoms with Crippen molar-refractivity contribution < 1.29 is 14.1 Å². The minimum atomic E-state index is -0.870. The predicted molar refractivity (Wildman–Crippen MR) is 94.4 cm³/mol. The van der Waals surface area contributed by atoms with Gasteiger partial charge in [0.15, 0.2) is 5.16 Å². The van der Waals surface area contributed by atoms with E-state index >= 15 is 0 Å². The molecule has 0 amide bonds. The second-order valence-corrected chi connectivity index (χ2v) is 8.35. The SMILES string of the molecule is CCS(=O)CCn1c(SCC(=O)O)nc2cc(I)ccc21. The van der Waals surface area contributed by atoms with Gasteiger partial charge in [0.2, 0.25) is 0 Å². The van der Waals surface area contributed by atoms with Gasteiger partial charge in [0, 0.05) is 32.4 Å². The predicted octanol–water partition coefficient (Wildman–Crippen LogP) is 2.59. The van der Waals surface area contributed by atoms with Gasteiger partial charge in [0.1, 0.15) is 0 Å². The van der Waals surface area contributed by atoms with Gasteiger partial charge in [-0.05, 0) is 40.8 Å². The standard InChI is InChI=1S/C13H15IN2O3S2/c1-2-21(19)6-5-16-11-4-3-9(14)7-10(11)15-13(16)20-8-12(17)18/h3-4,7H,2,5-6,8H2,1H3,(H,17,18). The van der Waals surface area contributed by atoms with Crippen LogP contribution in [0.1, 0.15) is 6.92 Å². The van der Waals surface area contributed by atoms with Crippen LogP contribution in [0, 0.1) is 3.57 Å². The van der Waals surface area contributed by atoms with Gasteiger partial charge in [-0.3, -0.25) is 9.00 Å². The van der Waals surface area contributed by atoms with Gasteiger partial charge in [-0.25, -0.2) is 4.98 Å². The first-order valence-corrected chi connectivity index (χ1v) is 9.92. The molecule has 1 aromatic carbocycles. The van der Waals surface area contributed by atoms with Crippen LogP contribution < -0.4 is 0 Å². The minimum Gasteiger partial charge on any atom is -0.481 e. The Morgan fingerprint density at radius 2 is 2.29 bits per heavy atom. The van der Waals surface area contributed by atoms with Crippen molar-refractivity contribution in [3.8, 4) is 0 Å². The molecule has 0 bridgehead atoms. The Bertz CT molecular complexity index is 687. The number of aromatic nitrogens is 2. The van der Waals surface area contributed by atoms with Crippen molar-refractivity contribution in [1.82, 2.24) is 9.55 Å². The highest BCUT2D eigenvalue weighted by molar-refractivity contribution is 14.1. The lowest BCUT2D eigenvalue weighted by Gasteiger charge is -2.07. The number of carboxylic acid groups (broad SMARTS) is 1. The lowest BCUT2D eigenvalue weighted by atomic mass is 10.3. The number of nitrogens with zero attached hydrogens (tertiary/aromatic N) is 2. The maximum absolute atomic E-state index is 11.6. The summed E-state index contributed by atoms with van der Waals surface area (Å²) >= 11 is 3.42. The number of carbonyl (C=O) groups is 1. The van der Waals surface area contributed by atoms with Crippen LogP contribution >= 0.6 is 34.4 Å². The van der Waals surface area contributed by atoms with E-state index in [1.165, 1.54) is 11.8 Å². The second kappa shape index (κ2) is 7.59. The summed E-state index contributed by atoms with van der Waals surface area (Å²) in [6.07, 6.45) is 0. The van der Waals surface area contributed by atoms with E-state index in [9.17, 15) is 9.00 Å². The highest BCUT2D eigenvalue weighted by Gasteiger charge is 2.13. The molecule has 0 aliphatic heterocycles. The highest BCUT2D eigenvalue weighted by Crippen LogP contribution is 2.25. The van der Waals surface area contributed by atoms with Crippen LogP contribution in [0.2, 0.25) is 0 Å². The number of carboxylic acids is 1. The molecule has 1 aromatic heterocycles. The average Bonchev–Trinajstić information content (AvgIpc) is 2.79. The Balaban J connectivity index is 2.34. The highest BCUT2D eigenvalue weighted by atomic mass is 127. The molecule has 2 aromatic rings. The van der Waals surface area contributed by atoms with E-state index in [1.54, 1.807) is 0 Å². The molecule has 1 heterocycles. The molecule has 8 heteroatoms. The molecule has 0 fully saturated rings. The van der Waals surface area contributed by atoms with Crippen LogP contribution in [0.15, 0.2) is 23.4 Å². The number of hydrogen-bond donors (Lipinski definition) is 1. The van der Waals surface area contributed by atoms with Gasteiger partial charge in [-0.2, -0.15) is 0 Å². The third-order valence-corrected chi connectivity index (χ3v) is 5.78. The summed E-state index contributed by atoms with van der Waals surface area (Å²) in [5.74, 6) is 0.277. The summed E-state index contributed by atoms with van der Waals surface area (Å²) < 4.78 is 14.7. The number of hydrogen-bond acceptors (Lipinski definition) is 4. The monoisotopic (exact) mass is 438 g/mol. The van der Waals surface area contributed by atoms with Gasteiger partial charge in [0.05, 0.1) is 16.8 Å². The number of thioether (sulfide) groups is 1. The largest absolute Gasteiger partial charge is 0.481 e. The Morgan fingerprint density at radius 1 is 1.52 bits per heavy atom. The van der Waals surface area contributed by atoms with Crippen molar-refractivity contribution in [2.75, 3.05) is 17.3 Å². The molecule has 2 rings (SSSR count). The first kappa shape index (κ1) is 16.8. The molecule has 1 atom stereocenters. The fraction of sp³-hybridized carbons (Fsp3) is 0.385. The first-order chi connectivity index (χ1) is 10.0. The van der Waals surface area contributed by atoms with Crippen molar-refractivity contribution >= 4 is 62.2 Å². The number of rotatable bonds is 7. The normalized spacial score (nSPS) is 12.7. The molecule has 0 saturated heterocycles. The topological polar surface area (TPSA) is 72.2 Å². The van der Waals surface area contributed by atoms with Crippen LogP contribution in [0.3, 0.4) is 0 Å². The second-order valence-electron chi connectivity index (χ2n) is 4.29. The van der Waals surface area contributed by atoms with Gasteiger partial charge in [-0.15, -0.1) is 0 Å². The molecule has 1 unspecified atom stereocenters. The molecule has 21 heavy (non-hydrogen) atoms. The van der Waals surface area contributed by atoms with E-state index in [1.807, 2.05) is 29.7 Å². The van der Waals surface area contributed by atoms with Crippen LogP contribution in [0.4, 0.5) is 0 Å². The fourth-order valence-electron chi connectivity index (χ4n) is 1.87. The van der Waals surface area contributed by atoms with Crippen LogP contribution in [-0.2, 0) is 22.1 Å². The zero-order chi connectivity index (χ0) is 15.4. The molecule has 0 spiro atoms. The molecule has 1 N–H and O–H groups in total. The van der Waals surface area contributed by atoms with Crippen molar-refractivity contribution in [1.29, 1.82) is 0 Å². The van der Waals surface area contributed by atoms with Gasteiger partial charge >= 0.3 is 5.97 Å². The summed E-state index contributed by atoms with van der Waals surface area (Å²) in [6, 6.07) is 5.93.